The monoisotopic (exact) mass is 206 g/mol. The predicted octanol–water partition coefficient (Wildman–Crippen LogP) is 0.982. The van der Waals surface area contributed by atoms with Crippen LogP contribution in [0, 0.1) is 0 Å². The highest BCUT2D eigenvalue weighted by Gasteiger charge is 2.32. The number of pyridine rings is 1. The minimum absolute atomic E-state index is 0.241. The van der Waals surface area contributed by atoms with Crippen LogP contribution in [0.3, 0.4) is 0 Å². The minimum atomic E-state index is -1.27. The average Bonchev–Trinajstić information content (AvgIpc) is 2.19. The standard InChI is InChI=1S/C11H14N2O2/c1-2-5-11(12,10(14)15)8-9-3-6-13-7-4-9/h2-4,6-7H,1,5,8,12H2,(H,14,15). The van der Waals surface area contributed by atoms with Crippen molar-refractivity contribution < 1.29 is 9.90 Å². The maximum absolute atomic E-state index is 11.0. The second kappa shape index (κ2) is 4.70. The van der Waals surface area contributed by atoms with Gasteiger partial charge in [-0.15, -0.1) is 6.58 Å². The van der Waals surface area contributed by atoms with Crippen molar-refractivity contribution in [3.05, 3.63) is 42.7 Å². The fourth-order valence-electron chi connectivity index (χ4n) is 1.36. The summed E-state index contributed by atoms with van der Waals surface area (Å²) >= 11 is 0. The number of carboxylic acids is 1. The van der Waals surface area contributed by atoms with Crippen molar-refractivity contribution in [1.82, 2.24) is 4.98 Å². The van der Waals surface area contributed by atoms with E-state index in [4.69, 9.17) is 10.8 Å². The van der Waals surface area contributed by atoms with Crippen molar-refractivity contribution >= 4 is 5.97 Å². The molecule has 0 fully saturated rings. The number of nitrogens with zero attached hydrogens (tertiary/aromatic N) is 1. The van der Waals surface area contributed by atoms with E-state index in [1.54, 1.807) is 24.5 Å². The molecule has 80 valence electrons. The van der Waals surface area contributed by atoms with E-state index in [-0.39, 0.29) is 12.8 Å². The molecule has 4 nitrogen and oxygen atoms in total. The Balaban J connectivity index is 2.84. The van der Waals surface area contributed by atoms with Crippen LogP contribution < -0.4 is 5.73 Å². The lowest BCUT2D eigenvalue weighted by molar-refractivity contribution is -0.143. The maximum Gasteiger partial charge on any atom is 0.324 e. The zero-order valence-electron chi connectivity index (χ0n) is 8.39. The van der Waals surface area contributed by atoms with E-state index in [9.17, 15) is 4.79 Å². The Kier molecular flexibility index (Phi) is 3.57. The van der Waals surface area contributed by atoms with E-state index in [0.29, 0.717) is 0 Å². The summed E-state index contributed by atoms with van der Waals surface area (Å²) in [6, 6.07) is 3.52. The molecule has 0 aromatic carbocycles. The molecule has 1 heterocycles. The summed E-state index contributed by atoms with van der Waals surface area (Å²) in [5, 5.41) is 9.04. The highest BCUT2D eigenvalue weighted by Crippen LogP contribution is 2.15. The molecular formula is C11H14N2O2. The number of hydrogen-bond acceptors (Lipinski definition) is 3. The molecule has 0 saturated heterocycles. The first-order valence-corrected chi connectivity index (χ1v) is 4.60. The molecule has 1 unspecified atom stereocenters. The van der Waals surface area contributed by atoms with Gasteiger partial charge in [0.25, 0.3) is 0 Å². The van der Waals surface area contributed by atoms with Crippen molar-refractivity contribution in [3.63, 3.8) is 0 Å². The average molecular weight is 206 g/mol. The first-order valence-electron chi connectivity index (χ1n) is 4.60. The first kappa shape index (κ1) is 11.4. The van der Waals surface area contributed by atoms with Gasteiger partial charge in [0.15, 0.2) is 0 Å². The Morgan fingerprint density at radius 3 is 2.67 bits per heavy atom. The lowest BCUT2D eigenvalue weighted by Crippen LogP contribution is -2.49. The van der Waals surface area contributed by atoms with Crippen LogP contribution in [0.4, 0.5) is 0 Å². The topological polar surface area (TPSA) is 76.2 Å². The van der Waals surface area contributed by atoms with Crippen molar-refractivity contribution in [2.75, 3.05) is 0 Å². The van der Waals surface area contributed by atoms with Gasteiger partial charge in [0.2, 0.25) is 0 Å². The molecular weight excluding hydrogens is 192 g/mol. The lowest BCUT2D eigenvalue weighted by Gasteiger charge is -2.22. The van der Waals surface area contributed by atoms with Crippen LogP contribution in [0.1, 0.15) is 12.0 Å². The number of nitrogens with two attached hydrogens (primary N) is 1. The number of carbonyl (C=O) groups is 1. The van der Waals surface area contributed by atoms with Crippen LogP contribution in [0.5, 0.6) is 0 Å². The van der Waals surface area contributed by atoms with Crippen molar-refractivity contribution in [3.8, 4) is 0 Å². The molecule has 0 spiro atoms. The Morgan fingerprint density at radius 2 is 2.20 bits per heavy atom. The van der Waals surface area contributed by atoms with Crippen molar-refractivity contribution in [2.24, 2.45) is 5.73 Å². The van der Waals surface area contributed by atoms with E-state index in [2.05, 4.69) is 11.6 Å². The molecule has 1 aromatic rings. The molecule has 15 heavy (non-hydrogen) atoms. The summed E-state index contributed by atoms with van der Waals surface area (Å²) in [4.78, 5) is 14.9. The van der Waals surface area contributed by atoms with Gasteiger partial charge in [-0.2, -0.15) is 0 Å². The van der Waals surface area contributed by atoms with Gasteiger partial charge >= 0.3 is 5.97 Å². The molecule has 0 bridgehead atoms. The number of carboxylic acid groups (broad SMARTS) is 1. The minimum Gasteiger partial charge on any atom is -0.480 e. The maximum atomic E-state index is 11.0. The molecule has 0 saturated carbocycles. The normalized spacial score (nSPS) is 14.2. The predicted molar refractivity (Wildman–Crippen MR) is 57.3 cm³/mol. The van der Waals surface area contributed by atoms with E-state index in [1.807, 2.05) is 0 Å². The summed E-state index contributed by atoms with van der Waals surface area (Å²) in [6.45, 7) is 3.51. The Hall–Kier alpha value is -1.68. The Bertz CT molecular complexity index is 351. The quantitative estimate of drug-likeness (QED) is 0.704. The molecule has 0 aliphatic heterocycles. The van der Waals surface area contributed by atoms with Crippen LogP contribution >= 0.6 is 0 Å². The van der Waals surface area contributed by atoms with Crippen LogP contribution in [-0.4, -0.2) is 21.6 Å². The molecule has 1 atom stereocenters. The van der Waals surface area contributed by atoms with Gasteiger partial charge in [0.1, 0.15) is 5.54 Å². The summed E-state index contributed by atoms with van der Waals surface area (Å²) in [7, 11) is 0. The summed E-state index contributed by atoms with van der Waals surface area (Å²) in [5.41, 5.74) is 5.38. The molecule has 0 aliphatic carbocycles. The third-order valence-corrected chi connectivity index (χ3v) is 2.20. The van der Waals surface area contributed by atoms with Gasteiger partial charge in [-0.25, -0.2) is 0 Å². The van der Waals surface area contributed by atoms with Crippen molar-refractivity contribution in [1.29, 1.82) is 0 Å². The Labute approximate surface area is 88.4 Å². The van der Waals surface area contributed by atoms with Crippen LogP contribution in [0.25, 0.3) is 0 Å². The van der Waals surface area contributed by atoms with E-state index in [0.717, 1.165) is 5.56 Å². The van der Waals surface area contributed by atoms with Gasteiger partial charge in [0.05, 0.1) is 0 Å². The summed E-state index contributed by atoms with van der Waals surface area (Å²) in [5.74, 6) is -1.01. The zero-order chi connectivity index (χ0) is 11.3. The number of aliphatic carboxylic acids is 1. The zero-order valence-corrected chi connectivity index (χ0v) is 8.39. The van der Waals surface area contributed by atoms with Gasteiger partial charge in [-0.1, -0.05) is 6.08 Å². The lowest BCUT2D eigenvalue weighted by atomic mass is 9.89. The number of aromatic nitrogens is 1. The van der Waals surface area contributed by atoms with Crippen LogP contribution in [-0.2, 0) is 11.2 Å². The smallest absolute Gasteiger partial charge is 0.324 e. The molecule has 4 heteroatoms. The molecule has 0 aliphatic rings. The highest BCUT2D eigenvalue weighted by atomic mass is 16.4. The molecule has 0 amide bonds. The second-order valence-electron chi connectivity index (χ2n) is 3.49. The number of hydrogen-bond donors (Lipinski definition) is 2. The third kappa shape index (κ3) is 2.89. The summed E-state index contributed by atoms with van der Waals surface area (Å²) < 4.78 is 0. The molecule has 1 rings (SSSR count). The second-order valence-corrected chi connectivity index (χ2v) is 3.49. The summed E-state index contributed by atoms with van der Waals surface area (Å²) in [6.07, 6.45) is 5.27. The van der Waals surface area contributed by atoms with Gasteiger partial charge < -0.3 is 10.8 Å². The fourth-order valence-corrected chi connectivity index (χ4v) is 1.36. The molecule has 0 radical (unpaired) electrons. The van der Waals surface area contributed by atoms with Crippen LogP contribution in [0.15, 0.2) is 37.2 Å². The third-order valence-electron chi connectivity index (χ3n) is 2.20. The van der Waals surface area contributed by atoms with E-state index < -0.39 is 11.5 Å². The van der Waals surface area contributed by atoms with Gasteiger partial charge in [-0.3, -0.25) is 9.78 Å². The first-order chi connectivity index (χ1) is 7.08. The van der Waals surface area contributed by atoms with Gasteiger partial charge in [-0.05, 0) is 24.1 Å². The van der Waals surface area contributed by atoms with Crippen LogP contribution in [0.2, 0.25) is 0 Å². The van der Waals surface area contributed by atoms with E-state index >= 15 is 0 Å². The van der Waals surface area contributed by atoms with E-state index in [1.165, 1.54) is 6.08 Å². The number of rotatable bonds is 5. The van der Waals surface area contributed by atoms with Gasteiger partial charge in [0, 0.05) is 18.8 Å². The van der Waals surface area contributed by atoms with Crippen molar-refractivity contribution in [2.45, 2.75) is 18.4 Å². The highest BCUT2D eigenvalue weighted by molar-refractivity contribution is 5.79. The largest absolute Gasteiger partial charge is 0.480 e. The fraction of sp³-hybridized carbons (Fsp3) is 0.273. The molecule has 1 aromatic heterocycles. The molecule has 3 N–H and O–H groups in total. The Morgan fingerprint density at radius 1 is 1.60 bits per heavy atom. The SMILES string of the molecule is C=CCC(N)(Cc1ccncc1)C(=O)O.